The van der Waals surface area contributed by atoms with E-state index >= 15 is 0 Å². The van der Waals surface area contributed by atoms with Gasteiger partial charge in [-0.2, -0.15) is 0 Å². The maximum absolute atomic E-state index is 5.84. The highest BCUT2D eigenvalue weighted by Crippen LogP contribution is 2.38. The van der Waals surface area contributed by atoms with Gasteiger partial charge in [-0.1, -0.05) is 11.8 Å². The van der Waals surface area contributed by atoms with Gasteiger partial charge in [0.25, 0.3) is 0 Å². The molecule has 2 N–H and O–H groups in total. The molecule has 2 heterocycles. The lowest BCUT2D eigenvalue weighted by Crippen LogP contribution is -1.95. The van der Waals surface area contributed by atoms with Crippen molar-refractivity contribution < 1.29 is 0 Å². The molecule has 5 heteroatoms. The van der Waals surface area contributed by atoms with E-state index in [0.717, 1.165) is 20.6 Å². The normalized spacial score (nSPS) is 16.3. The third-order valence-corrected chi connectivity index (χ3v) is 4.14. The molecule has 14 heavy (non-hydrogen) atoms. The van der Waals surface area contributed by atoms with E-state index in [1.165, 1.54) is 12.8 Å². The summed E-state index contributed by atoms with van der Waals surface area (Å²) in [5.41, 5.74) is 5.84. The van der Waals surface area contributed by atoms with Gasteiger partial charge in [-0.25, -0.2) is 9.97 Å². The Hall–Kier alpha value is -0.810. The van der Waals surface area contributed by atoms with Crippen LogP contribution in [-0.4, -0.2) is 15.2 Å². The van der Waals surface area contributed by atoms with Crippen LogP contribution in [0.2, 0.25) is 0 Å². The molecule has 0 amide bonds. The maximum Gasteiger partial charge on any atom is 0.191 e. The number of nitrogen functional groups attached to an aromatic ring is 1. The number of nitrogens with zero attached hydrogens (tertiary/aromatic N) is 2. The molecule has 0 radical (unpaired) electrons. The lowest BCUT2D eigenvalue weighted by Gasteiger charge is -2.00. The maximum atomic E-state index is 5.84. The molecule has 72 valence electrons. The summed E-state index contributed by atoms with van der Waals surface area (Å²) in [5.74, 6) is 0.611. The van der Waals surface area contributed by atoms with Crippen LogP contribution in [0.15, 0.2) is 16.6 Å². The highest BCUT2D eigenvalue weighted by Gasteiger charge is 2.24. The summed E-state index contributed by atoms with van der Waals surface area (Å²) in [6, 6.07) is 1.97. The van der Waals surface area contributed by atoms with E-state index in [2.05, 4.69) is 9.97 Å². The highest BCUT2D eigenvalue weighted by atomic mass is 32.2. The van der Waals surface area contributed by atoms with Gasteiger partial charge < -0.3 is 5.73 Å². The molecule has 1 aliphatic carbocycles. The summed E-state index contributed by atoms with van der Waals surface area (Å²) >= 11 is 3.37. The number of anilines is 1. The van der Waals surface area contributed by atoms with E-state index in [1.54, 1.807) is 23.1 Å². The van der Waals surface area contributed by atoms with Crippen molar-refractivity contribution in [2.75, 3.05) is 5.73 Å². The highest BCUT2D eigenvalue weighted by molar-refractivity contribution is 8.00. The number of hydrogen-bond donors (Lipinski definition) is 1. The van der Waals surface area contributed by atoms with Crippen LogP contribution in [0.5, 0.6) is 0 Å². The molecule has 1 saturated carbocycles. The molecule has 0 aliphatic heterocycles. The quantitative estimate of drug-likeness (QED) is 0.795. The minimum atomic E-state index is 0.611. The summed E-state index contributed by atoms with van der Waals surface area (Å²) in [6.07, 6.45) is 2.58. The van der Waals surface area contributed by atoms with Crippen LogP contribution in [0.1, 0.15) is 12.8 Å². The van der Waals surface area contributed by atoms with E-state index in [1.807, 2.05) is 11.4 Å². The molecule has 1 fully saturated rings. The molecule has 3 nitrogen and oxygen atoms in total. The van der Waals surface area contributed by atoms with E-state index < -0.39 is 0 Å². The van der Waals surface area contributed by atoms with Crippen molar-refractivity contribution in [1.29, 1.82) is 0 Å². The Balaban J connectivity index is 2.06. The number of thioether (sulfide) groups is 1. The molecular formula is C9H9N3S2. The first-order valence-electron chi connectivity index (χ1n) is 4.50. The van der Waals surface area contributed by atoms with Crippen LogP contribution in [0, 0.1) is 0 Å². The first-order valence-corrected chi connectivity index (χ1v) is 6.26. The Morgan fingerprint density at radius 3 is 3.07 bits per heavy atom. The van der Waals surface area contributed by atoms with Crippen molar-refractivity contribution in [1.82, 2.24) is 9.97 Å². The summed E-state index contributed by atoms with van der Waals surface area (Å²) < 4.78 is 0. The second kappa shape index (κ2) is 3.10. The monoisotopic (exact) mass is 223 g/mol. The van der Waals surface area contributed by atoms with Crippen LogP contribution >= 0.6 is 23.1 Å². The fraction of sp³-hybridized carbons (Fsp3) is 0.333. The topological polar surface area (TPSA) is 51.8 Å². The fourth-order valence-electron chi connectivity index (χ4n) is 1.25. The van der Waals surface area contributed by atoms with E-state index in [-0.39, 0.29) is 0 Å². The Morgan fingerprint density at radius 2 is 2.29 bits per heavy atom. The summed E-state index contributed by atoms with van der Waals surface area (Å²) in [5, 5.41) is 4.54. The number of fused-ring (bicyclic) bond motifs is 1. The summed E-state index contributed by atoms with van der Waals surface area (Å²) in [4.78, 5) is 9.76. The third-order valence-electron chi connectivity index (χ3n) is 2.13. The van der Waals surface area contributed by atoms with Crippen molar-refractivity contribution in [3.05, 3.63) is 11.4 Å². The molecule has 0 spiro atoms. The Kier molecular flexibility index (Phi) is 1.88. The van der Waals surface area contributed by atoms with E-state index in [9.17, 15) is 0 Å². The zero-order chi connectivity index (χ0) is 9.54. The van der Waals surface area contributed by atoms with Crippen molar-refractivity contribution in [3.63, 3.8) is 0 Å². The molecule has 0 atom stereocenters. The predicted molar refractivity (Wildman–Crippen MR) is 60.7 cm³/mol. The first kappa shape index (κ1) is 8.49. The van der Waals surface area contributed by atoms with Crippen LogP contribution in [-0.2, 0) is 0 Å². The first-order chi connectivity index (χ1) is 6.83. The average molecular weight is 223 g/mol. The van der Waals surface area contributed by atoms with Gasteiger partial charge in [0.15, 0.2) is 5.16 Å². The Bertz CT molecular complexity index is 476. The van der Waals surface area contributed by atoms with Gasteiger partial charge in [0.05, 0.1) is 5.39 Å². The molecule has 0 unspecified atom stereocenters. The van der Waals surface area contributed by atoms with Gasteiger partial charge in [0, 0.05) is 5.25 Å². The van der Waals surface area contributed by atoms with Crippen LogP contribution < -0.4 is 5.73 Å². The van der Waals surface area contributed by atoms with E-state index in [0.29, 0.717) is 5.82 Å². The molecule has 2 aromatic heterocycles. The average Bonchev–Trinajstić information content (AvgIpc) is 2.82. The number of aromatic nitrogens is 2. The zero-order valence-corrected chi connectivity index (χ0v) is 9.07. The summed E-state index contributed by atoms with van der Waals surface area (Å²) in [7, 11) is 0. The minimum Gasteiger partial charge on any atom is -0.383 e. The Morgan fingerprint density at radius 1 is 1.43 bits per heavy atom. The molecule has 1 aliphatic rings. The smallest absolute Gasteiger partial charge is 0.191 e. The predicted octanol–water partition coefficient (Wildman–Crippen LogP) is 2.53. The largest absolute Gasteiger partial charge is 0.383 e. The van der Waals surface area contributed by atoms with Gasteiger partial charge in [-0.05, 0) is 24.3 Å². The third kappa shape index (κ3) is 1.46. The lowest BCUT2D eigenvalue weighted by molar-refractivity contribution is 1.02. The number of nitrogens with two attached hydrogens (primary N) is 1. The van der Waals surface area contributed by atoms with Gasteiger partial charge in [0.1, 0.15) is 10.6 Å². The van der Waals surface area contributed by atoms with Gasteiger partial charge in [-0.15, -0.1) is 11.3 Å². The van der Waals surface area contributed by atoms with Gasteiger partial charge in [-0.3, -0.25) is 0 Å². The minimum absolute atomic E-state index is 0.611. The number of thiophene rings is 1. The van der Waals surface area contributed by atoms with Crippen molar-refractivity contribution in [2.24, 2.45) is 0 Å². The standard InChI is InChI=1S/C9H9N3S2/c10-7-6-3-4-13-8(6)12-9(11-7)14-5-1-2-5/h3-5H,1-2H2,(H2,10,11,12). The van der Waals surface area contributed by atoms with Gasteiger partial charge >= 0.3 is 0 Å². The molecule has 0 aromatic carbocycles. The van der Waals surface area contributed by atoms with Crippen molar-refractivity contribution >= 4 is 39.1 Å². The summed E-state index contributed by atoms with van der Waals surface area (Å²) in [6.45, 7) is 0. The van der Waals surface area contributed by atoms with Gasteiger partial charge in [0.2, 0.25) is 0 Å². The number of hydrogen-bond acceptors (Lipinski definition) is 5. The number of rotatable bonds is 2. The lowest BCUT2D eigenvalue weighted by atomic mass is 10.4. The second-order valence-electron chi connectivity index (χ2n) is 3.35. The molecular weight excluding hydrogens is 214 g/mol. The van der Waals surface area contributed by atoms with Crippen molar-refractivity contribution in [2.45, 2.75) is 23.2 Å². The molecule has 2 aromatic rings. The van der Waals surface area contributed by atoms with Crippen molar-refractivity contribution in [3.8, 4) is 0 Å². The molecule has 0 bridgehead atoms. The zero-order valence-electron chi connectivity index (χ0n) is 7.43. The van der Waals surface area contributed by atoms with Crippen LogP contribution in [0.3, 0.4) is 0 Å². The fourth-order valence-corrected chi connectivity index (χ4v) is 3.04. The van der Waals surface area contributed by atoms with E-state index in [4.69, 9.17) is 5.73 Å². The molecule has 0 saturated heterocycles. The molecule has 3 rings (SSSR count). The Labute approximate surface area is 89.7 Å². The van der Waals surface area contributed by atoms with Crippen LogP contribution in [0.25, 0.3) is 10.2 Å². The SMILES string of the molecule is Nc1nc(SC2CC2)nc2sccc12. The second-order valence-corrected chi connectivity index (χ2v) is 5.51. The van der Waals surface area contributed by atoms with Crippen LogP contribution in [0.4, 0.5) is 5.82 Å².